The number of rotatable bonds is 5. The van der Waals surface area contributed by atoms with Gasteiger partial charge in [0.25, 0.3) is 0 Å². The van der Waals surface area contributed by atoms with E-state index >= 15 is 0 Å². The fourth-order valence-electron chi connectivity index (χ4n) is 3.05. The van der Waals surface area contributed by atoms with Crippen molar-refractivity contribution in [3.8, 4) is 0 Å². The van der Waals surface area contributed by atoms with E-state index in [9.17, 15) is 17.6 Å². The van der Waals surface area contributed by atoms with Crippen LogP contribution in [0.1, 0.15) is 17.5 Å². The zero-order chi connectivity index (χ0) is 18.6. The Morgan fingerprint density at radius 3 is 2.46 bits per heavy atom. The van der Waals surface area contributed by atoms with E-state index in [1.54, 1.807) is 24.3 Å². The molecule has 1 fully saturated rings. The number of hydrogen-bond acceptors (Lipinski definition) is 3. The van der Waals surface area contributed by atoms with Crippen molar-refractivity contribution < 1.29 is 17.6 Å². The van der Waals surface area contributed by atoms with Crippen molar-refractivity contribution in [2.75, 3.05) is 11.5 Å². The molecular weight excluding hydrogens is 353 g/mol. The van der Waals surface area contributed by atoms with Gasteiger partial charge in [0, 0.05) is 24.2 Å². The van der Waals surface area contributed by atoms with Gasteiger partial charge in [-0.3, -0.25) is 4.79 Å². The molecule has 1 aliphatic heterocycles. The third kappa shape index (κ3) is 4.58. The summed E-state index contributed by atoms with van der Waals surface area (Å²) in [6.07, 6.45) is 3.48. The highest BCUT2D eigenvalue weighted by molar-refractivity contribution is 7.91. The highest BCUT2D eigenvalue weighted by atomic mass is 32.2. The Kier molecular flexibility index (Phi) is 5.52. The standard InChI is InChI=1S/C20H20FNO3S/c21-19-9-5-4-8-17(19)14-22(18-12-13-26(24,25)15-18)20(23)11-10-16-6-2-1-3-7-16/h1-11,18H,12-15H2. The Morgan fingerprint density at radius 2 is 1.81 bits per heavy atom. The summed E-state index contributed by atoms with van der Waals surface area (Å²) >= 11 is 0. The van der Waals surface area contributed by atoms with Crippen LogP contribution in [-0.4, -0.2) is 36.8 Å². The molecule has 1 amide bonds. The summed E-state index contributed by atoms with van der Waals surface area (Å²) in [5.41, 5.74) is 1.24. The minimum absolute atomic E-state index is 0.0465. The zero-order valence-electron chi connectivity index (χ0n) is 14.2. The van der Waals surface area contributed by atoms with Crippen LogP contribution in [0.15, 0.2) is 60.7 Å². The first-order valence-electron chi connectivity index (χ1n) is 8.42. The second-order valence-corrected chi connectivity index (χ2v) is 8.59. The third-order valence-electron chi connectivity index (χ3n) is 4.45. The molecule has 1 aliphatic rings. The molecule has 0 spiro atoms. The van der Waals surface area contributed by atoms with Crippen molar-refractivity contribution in [2.24, 2.45) is 0 Å². The van der Waals surface area contributed by atoms with E-state index in [0.29, 0.717) is 12.0 Å². The molecule has 1 heterocycles. The van der Waals surface area contributed by atoms with E-state index in [4.69, 9.17) is 0 Å². The molecule has 136 valence electrons. The first-order chi connectivity index (χ1) is 12.4. The normalized spacial score (nSPS) is 18.9. The summed E-state index contributed by atoms with van der Waals surface area (Å²) in [6, 6.07) is 15.1. The van der Waals surface area contributed by atoms with Gasteiger partial charge in [-0.2, -0.15) is 0 Å². The number of hydrogen-bond donors (Lipinski definition) is 0. The molecule has 3 rings (SSSR count). The lowest BCUT2D eigenvalue weighted by Crippen LogP contribution is -2.39. The van der Waals surface area contributed by atoms with Gasteiger partial charge in [-0.1, -0.05) is 48.5 Å². The van der Waals surface area contributed by atoms with E-state index in [1.165, 1.54) is 17.0 Å². The first-order valence-corrected chi connectivity index (χ1v) is 10.2. The molecule has 0 bridgehead atoms. The Labute approximate surface area is 152 Å². The Hall–Kier alpha value is -2.47. The van der Waals surface area contributed by atoms with Crippen LogP contribution in [-0.2, 0) is 21.2 Å². The molecule has 0 saturated carbocycles. The van der Waals surface area contributed by atoms with Crippen LogP contribution in [0.5, 0.6) is 0 Å². The number of halogens is 1. The van der Waals surface area contributed by atoms with Gasteiger partial charge in [0.1, 0.15) is 5.82 Å². The monoisotopic (exact) mass is 373 g/mol. The van der Waals surface area contributed by atoms with Crippen LogP contribution in [0.4, 0.5) is 4.39 Å². The largest absolute Gasteiger partial charge is 0.331 e. The second kappa shape index (κ2) is 7.83. The van der Waals surface area contributed by atoms with Gasteiger partial charge in [-0.05, 0) is 24.1 Å². The van der Waals surface area contributed by atoms with Gasteiger partial charge in [-0.25, -0.2) is 12.8 Å². The Balaban J connectivity index is 1.84. The lowest BCUT2D eigenvalue weighted by molar-refractivity contribution is -0.128. The van der Waals surface area contributed by atoms with Crippen molar-refractivity contribution in [3.05, 3.63) is 77.6 Å². The molecule has 1 atom stereocenters. The van der Waals surface area contributed by atoms with Crippen molar-refractivity contribution in [1.29, 1.82) is 0 Å². The smallest absolute Gasteiger partial charge is 0.247 e. The third-order valence-corrected chi connectivity index (χ3v) is 6.20. The number of carbonyl (C=O) groups is 1. The van der Waals surface area contributed by atoms with Crippen LogP contribution >= 0.6 is 0 Å². The molecule has 0 radical (unpaired) electrons. The van der Waals surface area contributed by atoms with E-state index in [1.807, 2.05) is 30.3 Å². The molecule has 1 saturated heterocycles. The number of carbonyl (C=O) groups excluding carboxylic acids is 1. The molecule has 2 aromatic rings. The second-order valence-electron chi connectivity index (χ2n) is 6.36. The first kappa shape index (κ1) is 18.3. The SMILES string of the molecule is O=C(C=Cc1ccccc1)N(Cc1ccccc1F)C1CCS(=O)(=O)C1. The molecule has 4 nitrogen and oxygen atoms in total. The van der Waals surface area contributed by atoms with Gasteiger partial charge >= 0.3 is 0 Å². The van der Waals surface area contributed by atoms with Gasteiger partial charge in [-0.15, -0.1) is 0 Å². The van der Waals surface area contributed by atoms with Crippen molar-refractivity contribution in [1.82, 2.24) is 4.90 Å². The summed E-state index contributed by atoms with van der Waals surface area (Å²) in [5.74, 6) is -0.745. The van der Waals surface area contributed by atoms with Gasteiger partial charge in [0.05, 0.1) is 11.5 Å². The minimum atomic E-state index is -3.16. The molecule has 26 heavy (non-hydrogen) atoms. The number of benzene rings is 2. The number of sulfone groups is 1. The summed E-state index contributed by atoms with van der Waals surface area (Å²) in [5, 5.41) is 0. The van der Waals surface area contributed by atoms with Gasteiger partial charge < -0.3 is 4.90 Å². The van der Waals surface area contributed by atoms with Crippen LogP contribution in [0, 0.1) is 5.82 Å². The summed E-state index contributed by atoms with van der Waals surface area (Å²) in [4.78, 5) is 14.2. The molecule has 0 aliphatic carbocycles. The maximum Gasteiger partial charge on any atom is 0.247 e. The molecule has 6 heteroatoms. The van der Waals surface area contributed by atoms with Gasteiger partial charge in [0.15, 0.2) is 9.84 Å². The fraction of sp³-hybridized carbons (Fsp3) is 0.250. The van der Waals surface area contributed by atoms with E-state index in [2.05, 4.69) is 0 Å². The maximum atomic E-state index is 14.0. The molecule has 2 aromatic carbocycles. The molecule has 0 aromatic heterocycles. The minimum Gasteiger partial charge on any atom is -0.331 e. The van der Waals surface area contributed by atoms with Crippen LogP contribution in [0.2, 0.25) is 0 Å². The maximum absolute atomic E-state index is 14.0. The topological polar surface area (TPSA) is 54.5 Å². The van der Waals surface area contributed by atoms with E-state index < -0.39 is 21.7 Å². The summed E-state index contributed by atoms with van der Waals surface area (Å²) in [6.45, 7) is 0.0465. The van der Waals surface area contributed by atoms with Crippen molar-refractivity contribution in [2.45, 2.75) is 19.0 Å². The quantitative estimate of drug-likeness (QED) is 0.757. The zero-order valence-corrected chi connectivity index (χ0v) is 15.0. The average Bonchev–Trinajstić information content (AvgIpc) is 2.99. The summed E-state index contributed by atoms with van der Waals surface area (Å²) in [7, 11) is -3.16. The number of nitrogens with zero attached hydrogens (tertiary/aromatic N) is 1. The molecule has 1 unspecified atom stereocenters. The molecular formula is C20H20FNO3S. The predicted octanol–water partition coefficient (Wildman–Crippen LogP) is 3.05. The van der Waals surface area contributed by atoms with Crippen LogP contribution < -0.4 is 0 Å². The lowest BCUT2D eigenvalue weighted by Gasteiger charge is -2.27. The highest BCUT2D eigenvalue weighted by Crippen LogP contribution is 2.22. The molecule has 0 N–H and O–H groups in total. The number of amides is 1. The van der Waals surface area contributed by atoms with Crippen molar-refractivity contribution in [3.63, 3.8) is 0 Å². The average molecular weight is 373 g/mol. The summed E-state index contributed by atoms with van der Waals surface area (Å²) < 4.78 is 37.7. The Morgan fingerprint density at radius 1 is 1.12 bits per heavy atom. The predicted molar refractivity (Wildman–Crippen MR) is 99.5 cm³/mol. The fourth-order valence-corrected chi connectivity index (χ4v) is 4.78. The highest BCUT2D eigenvalue weighted by Gasteiger charge is 2.34. The van der Waals surface area contributed by atoms with Crippen LogP contribution in [0.25, 0.3) is 6.08 Å². The van der Waals surface area contributed by atoms with E-state index in [0.717, 1.165) is 5.56 Å². The lowest BCUT2D eigenvalue weighted by atomic mass is 10.1. The van der Waals surface area contributed by atoms with E-state index in [-0.39, 0.29) is 24.0 Å². The van der Waals surface area contributed by atoms with Crippen molar-refractivity contribution >= 4 is 21.8 Å². The Bertz CT molecular complexity index is 910. The van der Waals surface area contributed by atoms with Crippen LogP contribution in [0.3, 0.4) is 0 Å². The van der Waals surface area contributed by atoms with Gasteiger partial charge in [0.2, 0.25) is 5.91 Å².